The van der Waals surface area contributed by atoms with Crippen molar-refractivity contribution in [2.45, 2.75) is 65.4 Å². The van der Waals surface area contributed by atoms with Gasteiger partial charge in [-0.05, 0) is 68.5 Å². The van der Waals surface area contributed by atoms with Crippen LogP contribution in [0.25, 0.3) is 0 Å². The van der Waals surface area contributed by atoms with Crippen LogP contribution >= 0.6 is 11.6 Å². The Hall–Kier alpha value is -3.36. The van der Waals surface area contributed by atoms with Gasteiger partial charge in [-0.1, -0.05) is 86.0 Å². The number of nitrogens with zero attached hydrogens (tertiary/aromatic N) is 2. The maximum atomic E-state index is 14.2. The smallest absolute Gasteiger partial charge is 0.264 e. The van der Waals surface area contributed by atoms with Crippen LogP contribution in [0.15, 0.2) is 71.6 Å². The highest BCUT2D eigenvalue weighted by Gasteiger charge is 2.34. The van der Waals surface area contributed by atoms with Gasteiger partial charge in [-0.3, -0.25) is 13.9 Å². The lowest BCUT2D eigenvalue weighted by Crippen LogP contribution is -2.52. The molecule has 1 atom stereocenters. The van der Waals surface area contributed by atoms with Crippen molar-refractivity contribution in [2.75, 3.05) is 17.4 Å². The summed E-state index contributed by atoms with van der Waals surface area (Å²) in [6, 6.07) is 18.4. The topological polar surface area (TPSA) is 86.8 Å². The van der Waals surface area contributed by atoms with E-state index in [1.807, 2.05) is 58.9 Å². The molecule has 2 amide bonds. The molecule has 0 saturated heterocycles. The first-order chi connectivity index (χ1) is 19.3. The van der Waals surface area contributed by atoms with Crippen molar-refractivity contribution in [3.05, 3.63) is 94.0 Å². The van der Waals surface area contributed by atoms with E-state index in [0.717, 1.165) is 21.0 Å². The number of amides is 2. The van der Waals surface area contributed by atoms with Crippen LogP contribution < -0.4 is 9.62 Å². The summed E-state index contributed by atoms with van der Waals surface area (Å²) in [5, 5.41) is 3.29. The first-order valence-corrected chi connectivity index (χ1v) is 15.6. The Morgan fingerprint density at radius 2 is 1.49 bits per heavy atom. The van der Waals surface area contributed by atoms with E-state index in [9.17, 15) is 18.0 Å². The number of hydrogen-bond donors (Lipinski definition) is 1. The molecule has 0 aliphatic rings. The van der Waals surface area contributed by atoms with E-state index in [1.165, 1.54) is 17.0 Å². The molecule has 41 heavy (non-hydrogen) atoms. The number of sulfonamides is 1. The number of benzene rings is 3. The van der Waals surface area contributed by atoms with Gasteiger partial charge < -0.3 is 10.2 Å². The Morgan fingerprint density at radius 1 is 0.902 bits per heavy atom. The van der Waals surface area contributed by atoms with Gasteiger partial charge in [0.2, 0.25) is 11.8 Å². The minimum atomic E-state index is -4.16. The average Bonchev–Trinajstić information content (AvgIpc) is 2.93. The molecule has 3 aromatic carbocycles. The van der Waals surface area contributed by atoms with Gasteiger partial charge in [0.15, 0.2) is 0 Å². The summed E-state index contributed by atoms with van der Waals surface area (Å²) in [7, 11) is -4.16. The quantitative estimate of drug-likeness (QED) is 0.276. The van der Waals surface area contributed by atoms with Crippen LogP contribution in [-0.4, -0.2) is 44.3 Å². The number of anilines is 1. The highest BCUT2D eigenvalue weighted by molar-refractivity contribution is 7.92. The van der Waals surface area contributed by atoms with E-state index in [2.05, 4.69) is 5.32 Å². The number of halogens is 1. The van der Waals surface area contributed by atoms with Crippen molar-refractivity contribution >= 4 is 39.1 Å². The third-order valence-electron chi connectivity index (χ3n) is 6.87. The number of hydrogen-bond acceptors (Lipinski definition) is 4. The van der Waals surface area contributed by atoms with Crippen molar-refractivity contribution in [3.63, 3.8) is 0 Å². The molecular weight excluding hydrogens is 558 g/mol. The van der Waals surface area contributed by atoms with Gasteiger partial charge in [0.05, 0.1) is 10.6 Å². The summed E-state index contributed by atoms with van der Waals surface area (Å²) < 4.78 is 29.2. The fourth-order valence-corrected chi connectivity index (χ4v) is 6.07. The van der Waals surface area contributed by atoms with Crippen LogP contribution in [0.4, 0.5) is 5.69 Å². The molecule has 0 unspecified atom stereocenters. The van der Waals surface area contributed by atoms with E-state index in [4.69, 9.17) is 11.6 Å². The second-order valence-corrected chi connectivity index (χ2v) is 13.1. The third-order valence-corrected chi connectivity index (χ3v) is 8.88. The minimum Gasteiger partial charge on any atom is -0.354 e. The lowest BCUT2D eigenvalue weighted by Gasteiger charge is -2.33. The second kappa shape index (κ2) is 14.0. The van der Waals surface area contributed by atoms with Crippen molar-refractivity contribution in [1.29, 1.82) is 0 Å². The van der Waals surface area contributed by atoms with E-state index in [0.29, 0.717) is 29.2 Å². The molecule has 0 bridgehead atoms. The van der Waals surface area contributed by atoms with Crippen molar-refractivity contribution in [1.82, 2.24) is 10.2 Å². The van der Waals surface area contributed by atoms with E-state index >= 15 is 0 Å². The first-order valence-electron chi connectivity index (χ1n) is 13.8. The Labute approximate surface area is 249 Å². The van der Waals surface area contributed by atoms with Crippen LogP contribution in [-0.2, 0) is 26.2 Å². The fraction of sp³-hybridized carbons (Fsp3) is 0.375. The molecule has 0 aliphatic carbocycles. The zero-order chi connectivity index (χ0) is 30.3. The van der Waals surface area contributed by atoms with Gasteiger partial charge >= 0.3 is 0 Å². The number of carbonyl (C=O) groups excluding carboxylic acids is 2. The van der Waals surface area contributed by atoms with E-state index in [-0.39, 0.29) is 23.3 Å². The summed E-state index contributed by atoms with van der Waals surface area (Å²) in [5.41, 5.74) is 3.77. The minimum absolute atomic E-state index is 0.0575. The molecule has 7 nitrogen and oxygen atoms in total. The molecule has 0 saturated carbocycles. The Morgan fingerprint density at radius 3 is 2.05 bits per heavy atom. The molecule has 0 aliphatic heterocycles. The zero-order valence-corrected chi connectivity index (χ0v) is 26.2. The molecule has 0 heterocycles. The summed E-state index contributed by atoms with van der Waals surface area (Å²) >= 11 is 6.30. The van der Waals surface area contributed by atoms with Gasteiger partial charge in [-0.15, -0.1) is 0 Å². The SMILES string of the molecule is CC[C@@H](C(=O)NCC(C)C)N(Cc1ccc(C)cc1)C(=O)CN(c1cc(Cl)ccc1C)S(=O)(=O)c1ccc(C)cc1. The zero-order valence-electron chi connectivity index (χ0n) is 24.6. The first kappa shape index (κ1) is 32.2. The lowest BCUT2D eigenvalue weighted by atomic mass is 10.1. The van der Waals surface area contributed by atoms with Crippen LogP contribution in [0, 0.1) is 26.7 Å². The van der Waals surface area contributed by atoms with Gasteiger partial charge in [0.25, 0.3) is 10.0 Å². The lowest BCUT2D eigenvalue weighted by molar-refractivity contribution is -0.140. The highest BCUT2D eigenvalue weighted by Crippen LogP contribution is 2.30. The molecule has 3 rings (SSSR count). The second-order valence-electron chi connectivity index (χ2n) is 10.8. The largest absolute Gasteiger partial charge is 0.354 e. The molecule has 0 radical (unpaired) electrons. The Bertz CT molecular complexity index is 1460. The molecule has 0 fully saturated rings. The number of rotatable bonds is 12. The van der Waals surface area contributed by atoms with Gasteiger partial charge in [-0.2, -0.15) is 0 Å². The monoisotopic (exact) mass is 597 g/mol. The standard InChI is InChI=1S/C32H40ClN3O4S/c1-7-29(32(38)34-19-22(2)3)35(20-26-13-8-23(4)9-14-26)31(37)21-36(30-18-27(33)15-12-25(30)6)41(39,40)28-16-10-24(5)11-17-28/h8-18,22,29H,7,19-21H2,1-6H3,(H,34,38)/t29-/m0/s1. The maximum Gasteiger partial charge on any atom is 0.264 e. The molecule has 1 N–H and O–H groups in total. The summed E-state index contributed by atoms with van der Waals surface area (Å²) in [6.45, 7) is 11.6. The highest BCUT2D eigenvalue weighted by atomic mass is 35.5. The fourth-order valence-electron chi connectivity index (χ4n) is 4.43. The Kier molecular flexibility index (Phi) is 11.0. The number of carbonyl (C=O) groups is 2. The molecule has 9 heteroatoms. The summed E-state index contributed by atoms with van der Waals surface area (Å²) in [6.07, 6.45) is 0.364. The Balaban J connectivity index is 2.08. The number of aryl methyl sites for hydroxylation is 3. The molecule has 0 spiro atoms. The summed E-state index contributed by atoms with van der Waals surface area (Å²) in [5.74, 6) is -0.528. The maximum absolute atomic E-state index is 14.2. The third kappa shape index (κ3) is 8.33. The van der Waals surface area contributed by atoms with Crippen molar-refractivity contribution in [2.24, 2.45) is 5.92 Å². The number of nitrogens with one attached hydrogen (secondary N) is 1. The van der Waals surface area contributed by atoms with Crippen LogP contribution in [0.2, 0.25) is 5.02 Å². The van der Waals surface area contributed by atoms with Gasteiger partial charge in [0.1, 0.15) is 12.6 Å². The van der Waals surface area contributed by atoms with Crippen LogP contribution in [0.1, 0.15) is 49.4 Å². The summed E-state index contributed by atoms with van der Waals surface area (Å²) in [4.78, 5) is 29.0. The van der Waals surface area contributed by atoms with Crippen LogP contribution in [0.5, 0.6) is 0 Å². The molecule has 0 aromatic heterocycles. The predicted molar refractivity (Wildman–Crippen MR) is 166 cm³/mol. The van der Waals surface area contributed by atoms with Crippen molar-refractivity contribution < 1.29 is 18.0 Å². The van der Waals surface area contributed by atoms with Gasteiger partial charge in [-0.25, -0.2) is 8.42 Å². The van der Waals surface area contributed by atoms with Crippen LogP contribution in [0.3, 0.4) is 0 Å². The van der Waals surface area contributed by atoms with E-state index < -0.39 is 28.5 Å². The predicted octanol–water partition coefficient (Wildman–Crippen LogP) is 6.04. The molecular formula is C32H40ClN3O4S. The average molecular weight is 598 g/mol. The normalized spacial score (nSPS) is 12.2. The molecule has 220 valence electrons. The van der Waals surface area contributed by atoms with Gasteiger partial charge in [0, 0.05) is 18.1 Å². The molecule has 3 aromatic rings. The van der Waals surface area contributed by atoms with Crippen molar-refractivity contribution in [3.8, 4) is 0 Å². The van der Waals surface area contributed by atoms with E-state index in [1.54, 1.807) is 37.3 Å².